The van der Waals surface area contributed by atoms with Crippen molar-refractivity contribution in [1.82, 2.24) is 5.32 Å². The molecule has 0 rings (SSSR count). The van der Waals surface area contributed by atoms with E-state index >= 15 is 0 Å². The number of amides is 1. The van der Waals surface area contributed by atoms with E-state index in [1.165, 1.54) is 0 Å². The molecule has 2 N–H and O–H groups in total. The highest BCUT2D eigenvalue weighted by molar-refractivity contribution is 5.75. The molecule has 0 spiro atoms. The van der Waals surface area contributed by atoms with Gasteiger partial charge in [0.15, 0.2) is 0 Å². The third kappa shape index (κ3) is 9.78. The Bertz CT molecular complexity index is 292. The van der Waals surface area contributed by atoms with Crippen molar-refractivity contribution in [3.8, 4) is 0 Å². The van der Waals surface area contributed by atoms with Crippen LogP contribution in [-0.2, 0) is 14.3 Å². The van der Waals surface area contributed by atoms with Crippen LogP contribution in [0.3, 0.4) is 0 Å². The van der Waals surface area contributed by atoms with Crippen LogP contribution in [0.4, 0.5) is 0 Å². The van der Waals surface area contributed by atoms with Gasteiger partial charge in [-0.05, 0) is 38.0 Å². The first-order chi connectivity index (χ1) is 9.36. The van der Waals surface area contributed by atoms with Crippen LogP contribution in [0.5, 0.6) is 0 Å². The van der Waals surface area contributed by atoms with Gasteiger partial charge in [-0.3, -0.25) is 9.59 Å². The first-order valence-corrected chi connectivity index (χ1v) is 7.38. The molecule has 0 saturated heterocycles. The summed E-state index contributed by atoms with van der Waals surface area (Å²) in [5.74, 6) is 0.0481. The Morgan fingerprint density at radius 3 is 2.25 bits per heavy atom. The summed E-state index contributed by atoms with van der Waals surface area (Å²) >= 11 is 0. The standard InChI is InChI=1S/C15H29NO4/c1-11(2)13(6-8-15(18)19)9-10-16-14(17)7-5-12(3)20-4/h11-13H,5-10H2,1-4H3,(H,16,17)(H,18,19). The highest BCUT2D eigenvalue weighted by Crippen LogP contribution is 2.20. The summed E-state index contributed by atoms with van der Waals surface area (Å²) in [6.07, 6.45) is 2.98. The maximum Gasteiger partial charge on any atom is 0.303 e. The second kappa shape index (κ2) is 10.7. The molecular formula is C15H29NO4. The zero-order chi connectivity index (χ0) is 15.5. The van der Waals surface area contributed by atoms with E-state index in [0.717, 1.165) is 12.8 Å². The Balaban J connectivity index is 3.87. The largest absolute Gasteiger partial charge is 0.481 e. The smallest absolute Gasteiger partial charge is 0.303 e. The lowest BCUT2D eigenvalue weighted by Gasteiger charge is -2.20. The average molecular weight is 287 g/mol. The van der Waals surface area contributed by atoms with Gasteiger partial charge >= 0.3 is 5.97 Å². The maximum atomic E-state index is 11.6. The third-order valence-corrected chi connectivity index (χ3v) is 3.69. The van der Waals surface area contributed by atoms with Gasteiger partial charge in [0.25, 0.3) is 0 Å². The molecule has 0 radical (unpaired) electrons. The van der Waals surface area contributed by atoms with Crippen molar-refractivity contribution in [3.05, 3.63) is 0 Å². The van der Waals surface area contributed by atoms with E-state index in [1.807, 2.05) is 6.92 Å². The Morgan fingerprint density at radius 1 is 1.10 bits per heavy atom. The number of carboxylic acid groups (broad SMARTS) is 1. The lowest BCUT2D eigenvalue weighted by atomic mass is 9.88. The molecule has 1 amide bonds. The highest BCUT2D eigenvalue weighted by Gasteiger charge is 2.15. The van der Waals surface area contributed by atoms with E-state index in [4.69, 9.17) is 9.84 Å². The van der Waals surface area contributed by atoms with E-state index in [1.54, 1.807) is 7.11 Å². The van der Waals surface area contributed by atoms with E-state index in [-0.39, 0.29) is 18.4 Å². The predicted octanol–water partition coefficient (Wildman–Crippen LogP) is 2.44. The minimum atomic E-state index is -0.756. The number of carbonyl (C=O) groups is 2. The molecule has 0 aliphatic carbocycles. The summed E-state index contributed by atoms with van der Waals surface area (Å²) in [4.78, 5) is 22.2. The molecule has 0 aromatic carbocycles. The second-order valence-electron chi connectivity index (χ2n) is 5.66. The Kier molecular flexibility index (Phi) is 10.1. The van der Waals surface area contributed by atoms with Crippen molar-refractivity contribution in [2.45, 2.75) is 59.0 Å². The molecule has 0 saturated carbocycles. The molecule has 0 fully saturated rings. The Hall–Kier alpha value is -1.10. The van der Waals surface area contributed by atoms with Crippen molar-refractivity contribution >= 4 is 11.9 Å². The summed E-state index contributed by atoms with van der Waals surface area (Å²) in [6, 6.07) is 0. The molecule has 20 heavy (non-hydrogen) atoms. The van der Waals surface area contributed by atoms with Crippen LogP contribution in [0.1, 0.15) is 52.9 Å². The number of methoxy groups -OCH3 is 1. The minimum absolute atomic E-state index is 0.0367. The number of hydrogen-bond acceptors (Lipinski definition) is 3. The fourth-order valence-electron chi connectivity index (χ4n) is 2.06. The van der Waals surface area contributed by atoms with Crippen molar-refractivity contribution in [2.75, 3.05) is 13.7 Å². The molecular weight excluding hydrogens is 258 g/mol. The zero-order valence-corrected chi connectivity index (χ0v) is 13.1. The number of ether oxygens (including phenoxy) is 1. The summed E-state index contributed by atoms with van der Waals surface area (Å²) in [5, 5.41) is 11.6. The molecule has 0 bridgehead atoms. The van der Waals surface area contributed by atoms with Crippen LogP contribution in [0, 0.1) is 11.8 Å². The lowest BCUT2D eigenvalue weighted by Crippen LogP contribution is -2.27. The SMILES string of the molecule is COC(C)CCC(=O)NCCC(CCC(=O)O)C(C)C. The average Bonchev–Trinajstić information content (AvgIpc) is 2.38. The summed E-state index contributed by atoms with van der Waals surface area (Å²) < 4.78 is 5.09. The lowest BCUT2D eigenvalue weighted by molar-refractivity contribution is -0.137. The van der Waals surface area contributed by atoms with Crippen LogP contribution in [0.15, 0.2) is 0 Å². The van der Waals surface area contributed by atoms with Gasteiger partial charge in [-0.1, -0.05) is 13.8 Å². The van der Waals surface area contributed by atoms with Gasteiger partial charge in [-0.15, -0.1) is 0 Å². The monoisotopic (exact) mass is 287 g/mol. The molecule has 5 nitrogen and oxygen atoms in total. The van der Waals surface area contributed by atoms with E-state index in [2.05, 4.69) is 19.2 Å². The molecule has 5 heteroatoms. The zero-order valence-electron chi connectivity index (χ0n) is 13.1. The van der Waals surface area contributed by atoms with Crippen molar-refractivity contribution in [1.29, 1.82) is 0 Å². The molecule has 2 unspecified atom stereocenters. The molecule has 2 atom stereocenters. The first-order valence-electron chi connectivity index (χ1n) is 7.38. The van der Waals surface area contributed by atoms with E-state index < -0.39 is 5.97 Å². The highest BCUT2D eigenvalue weighted by atomic mass is 16.5. The fraction of sp³-hybridized carbons (Fsp3) is 0.867. The van der Waals surface area contributed by atoms with Gasteiger partial charge in [-0.2, -0.15) is 0 Å². The van der Waals surface area contributed by atoms with Gasteiger partial charge in [0, 0.05) is 26.5 Å². The first kappa shape index (κ1) is 18.9. The van der Waals surface area contributed by atoms with Gasteiger partial charge in [0.1, 0.15) is 0 Å². The van der Waals surface area contributed by atoms with Gasteiger partial charge in [-0.25, -0.2) is 0 Å². The molecule has 0 heterocycles. The van der Waals surface area contributed by atoms with Crippen LogP contribution >= 0.6 is 0 Å². The van der Waals surface area contributed by atoms with Crippen molar-refractivity contribution in [3.63, 3.8) is 0 Å². The topological polar surface area (TPSA) is 75.6 Å². The van der Waals surface area contributed by atoms with Crippen molar-refractivity contribution < 1.29 is 19.4 Å². The number of carboxylic acids is 1. The number of rotatable bonds is 11. The molecule has 0 aliphatic rings. The summed E-state index contributed by atoms with van der Waals surface area (Å²) in [7, 11) is 1.64. The number of aliphatic carboxylic acids is 1. The number of hydrogen-bond donors (Lipinski definition) is 2. The Morgan fingerprint density at radius 2 is 1.75 bits per heavy atom. The van der Waals surface area contributed by atoms with Gasteiger partial charge in [0.2, 0.25) is 5.91 Å². The second-order valence-corrected chi connectivity index (χ2v) is 5.66. The minimum Gasteiger partial charge on any atom is -0.481 e. The van der Waals surface area contributed by atoms with Crippen LogP contribution < -0.4 is 5.32 Å². The van der Waals surface area contributed by atoms with Crippen LogP contribution in [0.25, 0.3) is 0 Å². The summed E-state index contributed by atoms with van der Waals surface area (Å²) in [5.41, 5.74) is 0. The molecule has 0 aromatic heterocycles. The number of carbonyl (C=O) groups excluding carboxylic acids is 1. The summed E-state index contributed by atoms with van der Waals surface area (Å²) in [6.45, 7) is 6.74. The Labute approximate surface area is 122 Å². The molecule has 0 aromatic rings. The van der Waals surface area contributed by atoms with Crippen LogP contribution in [-0.4, -0.2) is 36.7 Å². The van der Waals surface area contributed by atoms with E-state index in [9.17, 15) is 9.59 Å². The third-order valence-electron chi connectivity index (χ3n) is 3.69. The fourth-order valence-corrected chi connectivity index (χ4v) is 2.06. The molecule has 0 aliphatic heterocycles. The maximum absolute atomic E-state index is 11.6. The number of nitrogens with one attached hydrogen (secondary N) is 1. The quantitative estimate of drug-likeness (QED) is 0.612. The predicted molar refractivity (Wildman–Crippen MR) is 78.5 cm³/mol. The van der Waals surface area contributed by atoms with Crippen molar-refractivity contribution in [2.24, 2.45) is 11.8 Å². The van der Waals surface area contributed by atoms with E-state index in [0.29, 0.717) is 31.2 Å². The normalized spacial score (nSPS) is 14.1. The van der Waals surface area contributed by atoms with Gasteiger partial charge < -0.3 is 15.2 Å². The molecule has 118 valence electrons. The van der Waals surface area contributed by atoms with Crippen LogP contribution in [0.2, 0.25) is 0 Å². The van der Waals surface area contributed by atoms with Gasteiger partial charge in [0.05, 0.1) is 6.10 Å².